The Morgan fingerprint density at radius 2 is 1.94 bits per heavy atom. The van der Waals surface area contributed by atoms with Crippen LogP contribution in [0.2, 0.25) is 0 Å². The van der Waals surface area contributed by atoms with Crippen molar-refractivity contribution in [3.05, 3.63) is 29.8 Å². The quantitative estimate of drug-likeness (QED) is 0.811. The number of aliphatic hydroxyl groups is 1. The van der Waals surface area contributed by atoms with E-state index in [0.717, 1.165) is 0 Å². The highest BCUT2D eigenvalue weighted by Crippen LogP contribution is 2.29. The molecule has 0 amide bonds. The lowest BCUT2D eigenvalue weighted by Gasteiger charge is -2.21. The molecule has 0 saturated heterocycles. The molecule has 16 heavy (non-hydrogen) atoms. The number of nitrogens with two attached hydrogens (primary N) is 1. The van der Waals surface area contributed by atoms with Crippen molar-refractivity contribution in [3.63, 3.8) is 0 Å². The minimum absolute atomic E-state index is 0.266. The molecule has 0 aromatic heterocycles. The van der Waals surface area contributed by atoms with E-state index in [9.17, 15) is 8.78 Å². The van der Waals surface area contributed by atoms with Gasteiger partial charge in [0.05, 0.1) is 12.6 Å². The van der Waals surface area contributed by atoms with Crippen molar-refractivity contribution in [2.45, 2.75) is 18.9 Å². The van der Waals surface area contributed by atoms with Crippen molar-refractivity contribution in [1.29, 1.82) is 0 Å². The maximum absolute atomic E-state index is 13.1. The number of halogens is 2. The number of hydrogen-bond acceptors (Lipinski definition) is 3. The lowest BCUT2D eigenvalue weighted by atomic mass is 10.0. The molecule has 5 heteroatoms. The number of alkyl halides is 2. The van der Waals surface area contributed by atoms with Crippen molar-refractivity contribution in [1.82, 2.24) is 0 Å². The van der Waals surface area contributed by atoms with Gasteiger partial charge in [-0.05, 0) is 24.6 Å². The van der Waals surface area contributed by atoms with Crippen LogP contribution >= 0.6 is 0 Å². The molecule has 1 aromatic rings. The van der Waals surface area contributed by atoms with Crippen LogP contribution in [0.4, 0.5) is 8.78 Å². The van der Waals surface area contributed by atoms with Crippen LogP contribution in [0.5, 0.6) is 5.75 Å². The van der Waals surface area contributed by atoms with E-state index < -0.39 is 18.6 Å². The second-order valence-electron chi connectivity index (χ2n) is 3.40. The normalized spacial score (nSPS) is 13.6. The van der Waals surface area contributed by atoms with Gasteiger partial charge in [0, 0.05) is 0 Å². The molecule has 3 nitrogen and oxygen atoms in total. The molecule has 0 fully saturated rings. The molecule has 1 atom stereocenters. The van der Waals surface area contributed by atoms with Crippen molar-refractivity contribution in [2.75, 3.05) is 13.2 Å². The third-order valence-corrected chi connectivity index (χ3v) is 2.22. The van der Waals surface area contributed by atoms with Gasteiger partial charge in [-0.15, -0.1) is 0 Å². The van der Waals surface area contributed by atoms with Crippen LogP contribution < -0.4 is 10.5 Å². The van der Waals surface area contributed by atoms with Crippen molar-refractivity contribution < 1.29 is 18.6 Å². The van der Waals surface area contributed by atoms with Crippen LogP contribution in [-0.2, 0) is 0 Å². The minimum atomic E-state index is -3.31. The van der Waals surface area contributed by atoms with E-state index >= 15 is 0 Å². The van der Waals surface area contributed by atoms with Gasteiger partial charge in [-0.25, -0.2) is 8.78 Å². The molecule has 0 saturated carbocycles. The van der Waals surface area contributed by atoms with E-state index in [0.29, 0.717) is 12.4 Å². The zero-order chi connectivity index (χ0) is 12.2. The molecule has 1 rings (SSSR count). The largest absolute Gasteiger partial charge is 0.494 e. The molecule has 0 aliphatic carbocycles. The second kappa shape index (κ2) is 5.23. The van der Waals surface area contributed by atoms with Gasteiger partial charge < -0.3 is 15.6 Å². The molecular weight excluding hydrogens is 216 g/mol. The summed E-state index contributed by atoms with van der Waals surface area (Å²) in [6.07, 6.45) is 0. The first kappa shape index (κ1) is 12.9. The van der Waals surface area contributed by atoms with Crippen LogP contribution in [0.15, 0.2) is 24.3 Å². The van der Waals surface area contributed by atoms with Gasteiger partial charge in [0.25, 0.3) is 5.92 Å². The van der Waals surface area contributed by atoms with Gasteiger partial charge >= 0.3 is 0 Å². The fourth-order valence-corrected chi connectivity index (χ4v) is 1.28. The summed E-state index contributed by atoms with van der Waals surface area (Å²) in [5.74, 6) is -2.71. The number of benzene rings is 1. The van der Waals surface area contributed by atoms with Gasteiger partial charge in [0.2, 0.25) is 0 Å². The van der Waals surface area contributed by atoms with E-state index in [4.69, 9.17) is 15.6 Å². The van der Waals surface area contributed by atoms with Crippen LogP contribution in [0, 0.1) is 0 Å². The lowest BCUT2D eigenvalue weighted by molar-refractivity contribution is -0.0711. The molecule has 0 aliphatic rings. The third-order valence-electron chi connectivity index (χ3n) is 2.22. The third kappa shape index (κ3) is 2.90. The fourth-order valence-electron chi connectivity index (χ4n) is 1.28. The number of hydrogen-bond donors (Lipinski definition) is 2. The summed E-state index contributed by atoms with van der Waals surface area (Å²) in [6.45, 7) is 1.08. The summed E-state index contributed by atoms with van der Waals surface area (Å²) in [6, 6.07) is 4.59. The smallest absolute Gasteiger partial charge is 0.289 e. The number of aliphatic hydroxyl groups excluding tert-OH is 1. The maximum Gasteiger partial charge on any atom is 0.289 e. The summed E-state index contributed by atoms with van der Waals surface area (Å²) in [4.78, 5) is 0. The minimum Gasteiger partial charge on any atom is -0.494 e. The predicted molar refractivity (Wildman–Crippen MR) is 56.6 cm³/mol. The van der Waals surface area contributed by atoms with E-state index in [2.05, 4.69) is 0 Å². The van der Waals surface area contributed by atoms with E-state index in [1.165, 1.54) is 12.1 Å². The standard InChI is InChI=1S/C11H15F2NO2/c1-2-16-9-5-3-8(4-6-9)10(14)11(12,13)7-15/h3-6,10,15H,2,7,14H2,1H3/t10-/m0/s1. The van der Waals surface area contributed by atoms with Gasteiger partial charge in [-0.3, -0.25) is 0 Å². The van der Waals surface area contributed by atoms with Crippen LogP contribution in [0.25, 0.3) is 0 Å². The zero-order valence-corrected chi connectivity index (χ0v) is 8.99. The molecule has 0 spiro atoms. The number of rotatable bonds is 5. The van der Waals surface area contributed by atoms with Gasteiger partial charge in [-0.2, -0.15) is 0 Å². The zero-order valence-electron chi connectivity index (χ0n) is 8.99. The van der Waals surface area contributed by atoms with E-state index in [1.807, 2.05) is 6.92 Å². The summed E-state index contributed by atoms with van der Waals surface area (Å²) in [5.41, 5.74) is 5.62. The fraction of sp³-hybridized carbons (Fsp3) is 0.455. The first-order valence-electron chi connectivity index (χ1n) is 4.98. The maximum atomic E-state index is 13.1. The second-order valence-corrected chi connectivity index (χ2v) is 3.40. The highest BCUT2D eigenvalue weighted by atomic mass is 19.3. The van der Waals surface area contributed by atoms with E-state index in [1.54, 1.807) is 12.1 Å². The highest BCUT2D eigenvalue weighted by Gasteiger charge is 2.37. The van der Waals surface area contributed by atoms with E-state index in [-0.39, 0.29) is 5.56 Å². The summed E-state index contributed by atoms with van der Waals surface area (Å²) in [7, 11) is 0. The molecule has 3 N–H and O–H groups in total. The lowest BCUT2D eigenvalue weighted by Crippen LogP contribution is -2.36. The average molecular weight is 231 g/mol. The molecule has 0 aliphatic heterocycles. The Bertz CT molecular complexity index is 327. The highest BCUT2D eigenvalue weighted by molar-refractivity contribution is 5.30. The first-order chi connectivity index (χ1) is 7.51. The Kier molecular flexibility index (Phi) is 4.20. The topological polar surface area (TPSA) is 55.5 Å². The van der Waals surface area contributed by atoms with Crippen LogP contribution in [0.3, 0.4) is 0 Å². The van der Waals surface area contributed by atoms with Crippen LogP contribution in [0.1, 0.15) is 18.5 Å². The molecule has 1 aromatic carbocycles. The van der Waals surface area contributed by atoms with Crippen molar-refractivity contribution >= 4 is 0 Å². The number of ether oxygens (including phenoxy) is 1. The summed E-state index contributed by atoms with van der Waals surface area (Å²) in [5, 5.41) is 8.51. The molecule has 90 valence electrons. The Morgan fingerprint density at radius 1 is 1.38 bits per heavy atom. The van der Waals surface area contributed by atoms with Crippen molar-refractivity contribution in [3.8, 4) is 5.75 Å². The van der Waals surface area contributed by atoms with Gasteiger partial charge in [-0.1, -0.05) is 12.1 Å². The SMILES string of the molecule is CCOc1ccc([C@H](N)C(F)(F)CO)cc1. The molecular formula is C11H15F2NO2. The van der Waals surface area contributed by atoms with Crippen molar-refractivity contribution in [2.24, 2.45) is 5.73 Å². The monoisotopic (exact) mass is 231 g/mol. The average Bonchev–Trinajstić information content (AvgIpc) is 2.29. The first-order valence-corrected chi connectivity index (χ1v) is 4.98. The molecule has 0 heterocycles. The predicted octanol–water partition coefficient (Wildman–Crippen LogP) is 1.71. The Balaban J connectivity index is 2.81. The Morgan fingerprint density at radius 3 is 2.38 bits per heavy atom. The molecule has 0 bridgehead atoms. The molecule has 0 radical (unpaired) electrons. The molecule has 0 unspecified atom stereocenters. The summed E-state index contributed by atoms with van der Waals surface area (Å²) >= 11 is 0. The van der Waals surface area contributed by atoms with Gasteiger partial charge in [0.1, 0.15) is 12.4 Å². The van der Waals surface area contributed by atoms with Crippen LogP contribution in [-0.4, -0.2) is 24.2 Å². The summed E-state index contributed by atoms with van der Waals surface area (Å²) < 4.78 is 31.3. The Labute approximate surface area is 92.8 Å². The Hall–Kier alpha value is -1.20. The van der Waals surface area contributed by atoms with Gasteiger partial charge in [0.15, 0.2) is 0 Å².